The Balaban J connectivity index is 2.24. The molecule has 5 nitrogen and oxygen atoms in total. The van der Waals surface area contributed by atoms with Crippen LogP contribution in [0.4, 0.5) is 0 Å². The molecule has 0 aliphatic carbocycles. The van der Waals surface area contributed by atoms with Crippen LogP contribution in [-0.2, 0) is 9.53 Å². The summed E-state index contributed by atoms with van der Waals surface area (Å²) in [7, 11) is 1.24. The standard InChI is InChI=1S/C11H10O5/c1-14-10(13)5-8(12)7-3-2-4-9-11(7)16-6-15-9/h2-4H,5-6H2,1H3. The number of benzene rings is 1. The SMILES string of the molecule is COC(=O)CC(=O)c1cccc2c1OCO2. The molecule has 0 saturated heterocycles. The molecule has 0 spiro atoms. The Morgan fingerprint density at radius 3 is 2.94 bits per heavy atom. The monoisotopic (exact) mass is 222 g/mol. The molecule has 1 aromatic rings. The van der Waals surface area contributed by atoms with E-state index in [2.05, 4.69) is 4.74 Å². The smallest absolute Gasteiger partial charge is 0.313 e. The Morgan fingerprint density at radius 1 is 1.38 bits per heavy atom. The van der Waals surface area contributed by atoms with Gasteiger partial charge >= 0.3 is 5.97 Å². The molecule has 0 unspecified atom stereocenters. The summed E-state index contributed by atoms with van der Waals surface area (Å²) < 4.78 is 14.7. The van der Waals surface area contributed by atoms with E-state index in [1.807, 2.05) is 0 Å². The van der Waals surface area contributed by atoms with Crippen LogP contribution in [0.3, 0.4) is 0 Å². The second-order valence-electron chi connectivity index (χ2n) is 3.22. The molecule has 0 N–H and O–H groups in total. The first-order valence-electron chi connectivity index (χ1n) is 4.71. The summed E-state index contributed by atoms with van der Waals surface area (Å²) in [6, 6.07) is 4.98. The fourth-order valence-electron chi connectivity index (χ4n) is 1.45. The Hall–Kier alpha value is -2.04. The Morgan fingerprint density at radius 2 is 2.19 bits per heavy atom. The van der Waals surface area contributed by atoms with Gasteiger partial charge in [0, 0.05) is 0 Å². The minimum atomic E-state index is -0.568. The minimum absolute atomic E-state index is 0.0951. The third-order valence-corrected chi connectivity index (χ3v) is 2.23. The first-order chi connectivity index (χ1) is 7.72. The zero-order valence-corrected chi connectivity index (χ0v) is 8.69. The predicted molar refractivity (Wildman–Crippen MR) is 53.5 cm³/mol. The van der Waals surface area contributed by atoms with Crippen molar-refractivity contribution in [3.63, 3.8) is 0 Å². The molecule has 0 saturated carbocycles. The molecule has 5 heteroatoms. The lowest BCUT2D eigenvalue weighted by atomic mass is 10.1. The van der Waals surface area contributed by atoms with Crippen LogP contribution in [0.2, 0.25) is 0 Å². The quantitative estimate of drug-likeness (QED) is 0.436. The number of Topliss-reactive ketones (excluding diaryl/α,β-unsaturated/α-hetero) is 1. The maximum atomic E-state index is 11.7. The number of ketones is 1. The number of esters is 1. The highest BCUT2D eigenvalue weighted by Crippen LogP contribution is 2.35. The van der Waals surface area contributed by atoms with Gasteiger partial charge in [0.15, 0.2) is 17.3 Å². The number of hydrogen-bond donors (Lipinski definition) is 0. The fourth-order valence-corrected chi connectivity index (χ4v) is 1.45. The Kier molecular flexibility index (Phi) is 2.76. The lowest BCUT2D eigenvalue weighted by Crippen LogP contribution is -2.10. The number of carbonyl (C=O) groups excluding carboxylic acids is 2. The average Bonchev–Trinajstić information content (AvgIpc) is 2.76. The van der Waals surface area contributed by atoms with Gasteiger partial charge in [-0.15, -0.1) is 0 Å². The highest BCUT2D eigenvalue weighted by molar-refractivity contribution is 6.08. The van der Waals surface area contributed by atoms with Crippen molar-refractivity contribution in [2.24, 2.45) is 0 Å². The van der Waals surface area contributed by atoms with Crippen molar-refractivity contribution in [3.8, 4) is 11.5 Å². The van der Waals surface area contributed by atoms with Gasteiger partial charge in [-0.3, -0.25) is 9.59 Å². The van der Waals surface area contributed by atoms with Crippen molar-refractivity contribution >= 4 is 11.8 Å². The van der Waals surface area contributed by atoms with Crippen LogP contribution in [-0.4, -0.2) is 25.7 Å². The third-order valence-electron chi connectivity index (χ3n) is 2.23. The molecule has 84 valence electrons. The number of hydrogen-bond acceptors (Lipinski definition) is 5. The van der Waals surface area contributed by atoms with Crippen LogP contribution in [0.15, 0.2) is 18.2 Å². The largest absolute Gasteiger partial charge is 0.469 e. The summed E-state index contributed by atoms with van der Waals surface area (Å²) in [5, 5.41) is 0. The number of para-hydroxylation sites is 1. The van der Waals surface area contributed by atoms with Crippen molar-refractivity contribution in [3.05, 3.63) is 23.8 Å². The van der Waals surface area contributed by atoms with E-state index in [4.69, 9.17) is 9.47 Å². The number of carbonyl (C=O) groups is 2. The van der Waals surface area contributed by atoms with E-state index >= 15 is 0 Å². The Bertz CT molecular complexity index is 438. The molecule has 0 radical (unpaired) electrons. The van der Waals surface area contributed by atoms with E-state index in [0.717, 1.165) is 0 Å². The van der Waals surface area contributed by atoms with Crippen molar-refractivity contribution in [2.45, 2.75) is 6.42 Å². The topological polar surface area (TPSA) is 61.8 Å². The fraction of sp³-hybridized carbons (Fsp3) is 0.273. The van der Waals surface area contributed by atoms with Gasteiger partial charge in [0.2, 0.25) is 6.79 Å². The number of rotatable bonds is 3. The van der Waals surface area contributed by atoms with Crippen molar-refractivity contribution in [1.82, 2.24) is 0 Å². The average molecular weight is 222 g/mol. The number of methoxy groups -OCH3 is 1. The molecule has 0 aromatic heterocycles. The van der Waals surface area contributed by atoms with E-state index in [1.165, 1.54) is 7.11 Å². The normalized spacial score (nSPS) is 12.3. The molecule has 16 heavy (non-hydrogen) atoms. The summed E-state index contributed by atoms with van der Waals surface area (Å²) in [5.41, 5.74) is 0.348. The van der Waals surface area contributed by atoms with Crippen molar-refractivity contribution < 1.29 is 23.8 Å². The van der Waals surface area contributed by atoms with Crippen molar-refractivity contribution in [2.75, 3.05) is 13.9 Å². The van der Waals surface area contributed by atoms with Gasteiger partial charge in [0.05, 0.1) is 12.7 Å². The zero-order valence-electron chi connectivity index (χ0n) is 8.69. The summed E-state index contributed by atoms with van der Waals surface area (Å²) in [6.45, 7) is 0.0951. The molecular weight excluding hydrogens is 212 g/mol. The second kappa shape index (κ2) is 4.22. The molecule has 1 aromatic carbocycles. The second-order valence-corrected chi connectivity index (χ2v) is 3.22. The molecule has 1 heterocycles. The van der Waals surface area contributed by atoms with Gasteiger partial charge in [-0.25, -0.2) is 0 Å². The van der Waals surface area contributed by atoms with Gasteiger partial charge in [0.25, 0.3) is 0 Å². The lowest BCUT2D eigenvalue weighted by molar-refractivity contribution is -0.139. The summed E-state index contributed by atoms with van der Waals surface area (Å²) in [5.74, 6) is 0.0165. The van der Waals surface area contributed by atoms with Crippen LogP contribution in [0.25, 0.3) is 0 Å². The van der Waals surface area contributed by atoms with E-state index in [1.54, 1.807) is 18.2 Å². The first kappa shape index (κ1) is 10.5. The molecule has 1 aliphatic rings. The van der Waals surface area contributed by atoms with Gasteiger partial charge in [0.1, 0.15) is 6.42 Å². The maximum Gasteiger partial charge on any atom is 0.313 e. The van der Waals surface area contributed by atoms with E-state index < -0.39 is 5.97 Å². The number of ether oxygens (including phenoxy) is 3. The Labute approximate surface area is 91.9 Å². The minimum Gasteiger partial charge on any atom is -0.469 e. The molecule has 1 aliphatic heterocycles. The highest BCUT2D eigenvalue weighted by Gasteiger charge is 2.23. The van der Waals surface area contributed by atoms with E-state index in [9.17, 15) is 9.59 Å². The van der Waals surface area contributed by atoms with Gasteiger partial charge in [-0.05, 0) is 12.1 Å². The zero-order chi connectivity index (χ0) is 11.5. The third kappa shape index (κ3) is 1.84. The summed E-state index contributed by atoms with van der Waals surface area (Å²) in [6.07, 6.45) is -0.295. The predicted octanol–water partition coefficient (Wildman–Crippen LogP) is 1.16. The van der Waals surface area contributed by atoms with Crippen LogP contribution in [0, 0.1) is 0 Å². The molecule has 2 rings (SSSR count). The van der Waals surface area contributed by atoms with Crippen LogP contribution in [0.1, 0.15) is 16.8 Å². The summed E-state index contributed by atoms with van der Waals surface area (Å²) in [4.78, 5) is 22.7. The van der Waals surface area contributed by atoms with Crippen LogP contribution in [0.5, 0.6) is 11.5 Å². The molecule has 0 fully saturated rings. The van der Waals surface area contributed by atoms with Crippen molar-refractivity contribution in [1.29, 1.82) is 0 Å². The maximum absolute atomic E-state index is 11.7. The van der Waals surface area contributed by atoms with Crippen LogP contribution >= 0.6 is 0 Å². The van der Waals surface area contributed by atoms with Gasteiger partial charge in [-0.2, -0.15) is 0 Å². The lowest BCUT2D eigenvalue weighted by Gasteiger charge is -2.03. The molecule has 0 amide bonds. The van der Waals surface area contributed by atoms with Gasteiger partial charge in [-0.1, -0.05) is 6.07 Å². The molecular formula is C11H10O5. The molecule has 0 atom stereocenters. The number of fused-ring (bicyclic) bond motifs is 1. The molecule has 0 bridgehead atoms. The van der Waals surface area contributed by atoms with E-state index in [-0.39, 0.29) is 19.0 Å². The highest BCUT2D eigenvalue weighted by atomic mass is 16.7. The summed E-state index contributed by atoms with van der Waals surface area (Å²) >= 11 is 0. The van der Waals surface area contributed by atoms with E-state index in [0.29, 0.717) is 17.1 Å². The van der Waals surface area contributed by atoms with Gasteiger partial charge < -0.3 is 14.2 Å². The first-order valence-corrected chi connectivity index (χ1v) is 4.71. The van der Waals surface area contributed by atoms with Crippen LogP contribution < -0.4 is 9.47 Å².